The van der Waals surface area contributed by atoms with Gasteiger partial charge in [-0.05, 0) is 35.4 Å². The highest BCUT2D eigenvalue weighted by Gasteiger charge is 2.08. The lowest BCUT2D eigenvalue weighted by atomic mass is 10.1. The molecule has 0 aliphatic heterocycles. The van der Waals surface area contributed by atoms with Crippen LogP contribution in [0.5, 0.6) is 0 Å². The number of aromatic nitrogens is 1. The molecule has 0 fully saturated rings. The third-order valence-corrected chi connectivity index (χ3v) is 3.52. The maximum atomic E-state index is 5.99. The van der Waals surface area contributed by atoms with Crippen LogP contribution in [0.3, 0.4) is 0 Å². The molecule has 0 saturated carbocycles. The molecular weight excluding hydrogens is 312 g/mol. The molecule has 0 atom stereocenters. The van der Waals surface area contributed by atoms with Crippen LogP contribution in [0.4, 0.5) is 5.69 Å². The fourth-order valence-electron chi connectivity index (χ4n) is 1.88. The summed E-state index contributed by atoms with van der Waals surface area (Å²) in [4.78, 5) is 6.31. The Morgan fingerprint density at radius 1 is 1.33 bits per heavy atom. The van der Waals surface area contributed by atoms with E-state index < -0.39 is 0 Å². The van der Waals surface area contributed by atoms with Crippen molar-refractivity contribution in [1.82, 2.24) is 4.98 Å². The van der Waals surface area contributed by atoms with Crippen molar-refractivity contribution < 1.29 is 0 Å². The molecule has 1 aromatic carbocycles. The molecular formula is C14H14BrClN2. The van der Waals surface area contributed by atoms with Gasteiger partial charge in [-0.25, -0.2) is 0 Å². The number of nitrogens with zero attached hydrogens (tertiary/aromatic N) is 2. The van der Waals surface area contributed by atoms with Crippen molar-refractivity contribution in [2.45, 2.75) is 12.4 Å². The number of pyridine rings is 1. The van der Waals surface area contributed by atoms with Gasteiger partial charge < -0.3 is 4.90 Å². The van der Waals surface area contributed by atoms with E-state index in [1.54, 1.807) is 6.20 Å². The quantitative estimate of drug-likeness (QED) is 0.782. The highest BCUT2D eigenvalue weighted by atomic mass is 79.9. The number of hydrogen-bond donors (Lipinski definition) is 0. The maximum absolute atomic E-state index is 5.99. The molecule has 1 aromatic heterocycles. The van der Waals surface area contributed by atoms with E-state index in [2.05, 4.69) is 51.1 Å². The molecule has 0 aliphatic carbocycles. The second-order valence-electron chi connectivity index (χ2n) is 4.12. The molecule has 0 aliphatic rings. The normalized spacial score (nSPS) is 10.4. The Bertz CT molecular complexity index is 516. The van der Waals surface area contributed by atoms with Crippen LogP contribution in [-0.2, 0) is 12.4 Å². The molecule has 0 N–H and O–H groups in total. The van der Waals surface area contributed by atoms with Crippen LogP contribution in [0.25, 0.3) is 0 Å². The van der Waals surface area contributed by atoms with Crippen molar-refractivity contribution in [3.8, 4) is 0 Å². The van der Waals surface area contributed by atoms with Crippen molar-refractivity contribution in [2.75, 3.05) is 11.9 Å². The van der Waals surface area contributed by atoms with E-state index in [-0.39, 0.29) is 0 Å². The second kappa shape index (κ2) is 6.21. The summed E-state index contributed by atoms with van der Waals surface area (Å²) in [5.74, 6) is 0.506. The lowest BCUT2D eigenvalue weighted by Crippen LogP contribution is -2.17. The van der Waals surface area contributed by atoms with E-state index in [4.69, 9.17) is 11.6 Å². The average molecular weight is 326 g/mol. The molecule has 18 heavy (non-hydrogen) atoms. The topological polar surface area (TPSA) is 16.1 Å². The summed E-state index contributed by atoms with van der Waals surface area (Å²) in [7, 11) is 2.06. The molecule has 94 valence electrons. The SMILES string of the molecule is CN(Cc1cccnc1)c1ccc(Br)cc1CCl. The molecule has 0 spiro atoms. The minimum Gasteiger partial charge on any atom is -0.370 e. The Labute approximate surface area is 121 Å². The summed E-state index contributed by atoms with van der Waals surface area (Å²) < 4.78 is 1.05. The zero-order valence-electron chi connectivity index (χ0n) is 10.1. The van der Waals surface area contributed by atoms with Gasteiger partial charge in [0.1, 0.15) is 0 Å². The van der Waals surface area contributed by atoms with Gasteiger partial charge in [-0.1, -0.05) is 22.0 Å². The minimum absolute atomic E-state index is 0.506. The fourth-order valence-corrected chi connectivity index (χ4v) is 2.51. The summed E-state index contributed by atoms with van der Waals surface area (Å²) in [5.41, 5.74) is 3.46. The fraction of sp³-hybridized carbons (Fsp3) is 0.214. The van der Waals surface area contributed by atoms with Gasteiger partial charge in [-0.3, -0.25) is 4.98 Å². The molecule has 0 saturated heterocycles. The molecule has 2 rings (SSSR count). The molecule has 4 heteroatoms. The third-order valence-electron chi connectivity index (χ3n) is 2.74. The first-order valence-electron chi connectivity index (χ1n) is 5.65. The zero-order valence-corrected chi connectivity index (χ0v) is 12.4. The van der Waals surface area contributed by atoms with Gasteiger partial charge in [0, 0.05) is 42.0 Å². The Balaban J connectivity index is 2.21. The van der Waals surface area contributed by atoms with Crippen LogP contribution < -0.4 is 4.90 Å². The maximum Gasteiger partial charge on any atom is 0.0494 e. The van der Waals surface area contributed by atoms with E-state index >= 15 is 0 Å². The smallest absolute Gasteiger partial charge is 0.0494 e. The number of anilines is 1. The van der Waals surface area contributed by atoms with Crippen LogP contribution in [0.15, 0.2) is 47.2 Å². The van der Waals surface area contributed by atoms with E-state index in [0.29, 0.717) is 5.88 Å². The third kappa shape index (κ3) is 3.24. The lowest BCUT2D eigenvalue weighted by Gasteiger charge is -2.22. The molecule has 0 unspecified atom stereocenters. The number of halogens is 2. The zero-order chi connectivity index (χ0) is 13.0. The predicted molar refractivity (Wildman–Crippen MR) is 80.0 cm³/mol. The van der Waals surface area contributed by atoms with Gasteiger partial charge in [-0.2, -0.15) is 0 Å². The monoisotopic (exact) mass is 324 g/mol. The van der Waals surface area contributed by atoms with Crippen molar-refractivity contribution in [1.29, 1.82) is 0 Å². The van der Waals surface area contributed by atoms with Gasteiger partial charge in [0.25, 0.3) is 0 Å². The lowest BCUT2D eigenvalue weighted by molar-refractivity contribution is 0.908. The van der Waals surface area contributed by atoms with E-state index in [1.807, 2.05) is 18.3 Å². The Kier molecular flexibility index (Phi) is 4.61. The van der Waals surface area contributed by atoms with Crippen LogP contribution >= 0.6 is 27.5 Å². The minimum atomic E-state index is 0.506. The standard InChI is InChI=1S/C14H14BrClN2/c1-18(10-11-3-2-6-17-9-11)14-5-4-13(15)7-12(14)8-16/h2-7,9H,8,10H2,1H3. The van der Waals surface area contributed by atoms with Gasteiger partial charge in [0.2, 0.25) is 0 Å². The van der Waals surface area contributed by atoms with Gasteiger partial charge in [0.15, 0.2) is 0 Å². The summed E-state index contributed by atoms with van der Waals surface area (Å²) in [6, 6.07) is 10.2. The number of hydrogen-bond acceptors (Lipinski definition) is 2. The van der Waals surface area contributed by atoms with E-state index in [0.717, 1.165) is 22.3 Å². The average Bonchev–Trinajstić information content (AvgIpc) is 2.39. The van der Waals surface area contributed by atoms with Crippen LogP contribution in [-0.4, -0.2) is 12.0 Å². The summed E-state index contributed by atoms with van der Waals surface area (Å²) >= 11 is 9.46. The number of rotatable bonds is 4. The Hall–Kier alpha value is -1.06. The summed E-state index contributed by atoms with van der Waals surface area (Å²) in [5, 5.41) is 0. The largest absolute Gasteiger partial charge is 0.370 e. The second-order valence-corrected chi connectivity index (χ2v) is 5.31. The first-order valence-corrected chi connectivity index (χ1v) is 6.98. The predicted octanol–water partition coefficient (Wildman–Crippen LogP) is 4.22. The van der Waals surface area contributed by atoms with Crippen molar-refractivity contribution in [3.63, 3.8) is 0 Å². The summed E-state index contributed by atoms with van der Waals surface area (Å²) in [6.07, 6.45) is 3.67. The highest BCUT2D eigenvalue weighted by molar-refractivity contribution is 9.10. The van der Waals surface area contributed by atoms with E-state index in [9.17, 15) is 0 Å². The van der Waals surface area contributed by atoms with Gasteiger partial charge in [-0.15, -0.1) is 11.6 Å². The molecule has 2 aromatic rings. The van der Waals surface area contributed by atoms with E-state index in [1.165, 1.54) is 5.56 Å². The highest BCUT2D eigenvalue weighted by Crippen LogP contribution is 2.26. The number of benzene rings is 1. The van der Waals surface area contributed by atoms with Crippen molar-refractivity contribution in [3.05, 3.63) is 58.3 Å². The molecule has 1 heterocycles. The molecule has 0 radical (unpaired) electrons. The Morgan fingerprint density at radius 3 is 2.83 bits per heavy atom. The molecule has 0 bridgehead atoms. The van der Waals surface area contributed by atoms with Gasteiger partial charge in [0.05, 0.1) is 0 Å². The summed E-state index contributed by atoms with van der Waals surface area (Å²) in [6.45, 7) is 0.819. The first kappa shape index (κ1) is 13.4. The van der Waals surface area contributed by atoms with Crippen LogP contribution in [0.2, 0.25) is 0 Å². The van der Waals surface area contributed by atoms with Gasteiger partial charge >= 0.3 is 0 Å². The van der Waals surface area contributed by atoms with Crippen LogP contribution in [0.1, 0.15) is 11.1 Å². The van der Waals surface area contributed by atoms with Crippen molar-refractivity contribution >= 4 is 33.2 Å². The van der Waals surface area contributed by atoms with Crippen molar-refractivity contribution in [2.24, 2.45) is 0 Å². The Morgan fingerprint density at radius 2 is 2.17 bits per heavy atom. The molecule has 0 amide bonds. The first-order chi connectivity index (χ1) is 8.70. The molecule has 2 nitrogen and oxygen atoms in total. The van der Waals surface area contributed by atoms with Crippen LogP contribution in [0, 0.1) is 0 Å². The number of alkyl halides is 1.